The molecule has 1 aromatic rings. The summed E-state index contributed by atoms with van der Waals surface area (Å²) in [5.74, 6) is 0.500. The highest BCUT2D eigenvalue weighted by molar-refractivity contribution is 6.05. The van der Waals surface area contributed by atoms with Gasteiger partial charge in [-0.1, -0.05) is 6.07 Å². The van der Waals surface area contributed by atoms with Crippen LogP contribution in [0.1, 0.15) is 32.8 Å². The van der Waals surface area contributed by atoms with Gasteiger partial charge in [0.05, 0.1) is 6.61 Å². The van der Waals surface area contributed by atoms with Gasteiger partial charge in [-0.05, 0) is 38.8 Å². The number of benzene rings is 1. The molecule has 0 aliphatic carbocycles. The second kappa shape index (κ2) is 6.39. The molecule has 3 aliphatic rings. The van der Waals surface area contributed by atoms with E-state index in [9.17, 15) is 14.4 Å². The number of hydrogen-bond donors (Lipinski definition) is 1. The lowest BCUT2D eigenvalue weighted by Gasteiger charge is -2.51. The van der Waals surface area contributed by atoms with Crippen LogP contribution in [0.4, 0.5) is 15.3 Å². The molecule has 8 heteroatoms. The van der Waals surface area contributed by atoms with Crippen molar-refractivity contribution in [2.45, 2.75) is 39.2 Å². The summed E-state index contributed by atoms with van der Waals surface area (Å²) in [6.45, 7) is 7.68. The maximum atomic E-state index is 12.2. The first-order valence-corrected chi connectivity index (χ1v) is 9.49. The Bertz CT molecular complexity index is 839. The number of rotatable bonds is 1. The van der Waals surface area contributed by atoms with Gasteiger partial charge < -0.3 is 14.4 Å². The molecule has 0 aromatic heterocycles. The summed E-state index contributed by atoms with van der Waals surface area (Å²) in [6.07, 6.45) is 0.810. The first-order valence-electron chi connectivity index (χ1n) is 9.49. The third-order valence-corrected chi connectivity index (χ3v) is 5.22. The molecule has 4 rings (SSSR count). The fourth-order valence-electron chi connectivity index (χ4n) is 3.91. The van der Waals surface area contributed by atoms with E-state index in [-0.39, 0.29) is 23.8 Å². The van der Waals surface area contributed by atoms with Crippen LogP contribution < -0.4 is 15.0 Å². The number of ether oxygens (including phenoxy) is 2. The predicted octanol–water partition coefficient (Wildman–Crippen LogP) is 2.30. The van der Waals surface area contributed by atoms with Crippen molar-refractivity contribution in [3.8, 4) is 5.75 Å². The second-order valence-electron chi connectivity index (χ2n) is 8.85. The number of nitrogens with one attached hydrogen (secondary N) is 1. The standard InChI is InChI=1S/C20H25N3O5/c1-19(2,3)28-18(26)22-10-20(11-22)9-13-4-5-14(8-15(13)27-12-20)23-7-6-16(24)21-17(23)25/h4-5,8H,6-7,9-12H2,1-3H3,(H,21,24,25). The van der Waals surface area contributed by atoms with Gasteiger partial charge in [0.2, 0.25) is 5.91 Å². The fraction of sp³-hybridized carbons (Fsp3) is 0.550. The average molecular weight is 387 g/mol. The Morgan fingerprint density at radius 1 is 1.25 bits per heavy atom. The molecule has 150 valence electrons. The third kappa shape index (κ3) is 3.50. The maximum Gasteiger partial charge on any atom is 0.410 e. The van der Waals surface area contributed by atoms with E-state index in [1.165, 1.54) is 0 Å². The molecule has 1 spiro atoms. The lowest BCUT2D eigenvalue weighted by molar-refractivity contribution is -0.120. The Labute approximate surface area is 163 Å². The van der Waals surface area contributed by atoms with E-state index >= 15 is 0 Å². The van der Waals surface area contributed by atoms with Crippen molar-refractivity contribution in [3.05, 3.63) is 23.8 Å². The van der Waals surface area contributed by atoms with E-state index < -0.39 is 11.6 Å². The lowest BCUT2D eigenvalue weighted by atomic mass is 9.74. The minimum Gasteiger partial charge on any atom is -0.492 e. The van der Waals surface area contributed by atoms with Crippen molar-refractivity contribution in [1.29, 1.82) is 0 Å². The van der Waals surface area contributed by atoms with Crippen LogP contribution >= 0.6 is 0 Å². The number of amides is 4. The fourth-order valence-corrected chi connectivity index (χ4v) is 3.91. The Morgan fingerprint density at radius 2 is 2.00 bits per heavy atom. The molecular formula is C20H25N3O5. The summed E-state index contributed by atoms with van der Waals surface area (Å²) in [7, 11) is 0. The monoisotopic (exact) mass is 387 g/mol. The van der Waals surface area contributed by atoms with Crippen molar-refractivity contribution in [2.75, 3.05) is 31.1 Å². The first-order chi connectivity index (χ1) is 13.1. The number of fused-ring (bicyclic) bond motifs is 1. The van der Waals surface area contributed by atoms with E-state index in [0.29, 0.717) is 31.9 Å². The Hall–Kier alpha value is -2.77. The first kappa shape index (κ1) is 18.6. The van der Waals surface area contributed by atoms with Crippen molar-refractivity contribution in [2.24, 2.45) is 5.41 Å². The SMILES string of the molecule is CC(C)(C)OC(=O)N1CC2(COc3cc(N4CCC(=O)NC4=O)ccc3C2)C1. The molecule has 0 radical (unpaired) electrons. The van der Waals surface area contributed by atoms with E-state index in [2.05, 4.69) is 5.32 Å². The zero-order chi connectivity index (χ0) is 20.1. The molecule has 2 saturated heterocycles. The Kier molecular flexibility index (Phi) is 4.24. The van der Waals surface area contributed by atoms with Crippen LogP contribution in [0.3, 0.4) is 0 Å². The summed E-state index contributed by atoms with van der Waals surface area (Å²) >= 11 is 0. The Morgan fingerprint density at radius 3 is 2.68 bits per heavy atom. The van der Waals surface area contributed by atoms with Crippen LogP contribution in [0.5, 0.6) is 5.75 Å². The van der Waals surface area contributed by atoms with Crippen LogP contribution in [0.15, 0.2) is 18.2 Å². The minimum absolute atomic E-state index is 0.0830. The molecule has 0 unspecified atom stereocenters. The van der Waals surface area contributed by atoms with Crippen LogP contribution in [-0.2, 0) is 16.0 Å². The number of anilines is 1. The highest BCUT2D eigenvalue weighted by Crippen LogP contribution is 2.42. The molecule has 1 N–H and O–H groups in total. The van der Waals surface area contributed by atoms with Gasteiger partial charge in [-0.3, -0.25) is 15.0 Å². The van der Waals surface area contributed by atoms with E-state index in [1.54, 1.807) is 9.80 Å². The number of carbonyl (C=O) groups excluding carboxylic acids is 3. The van der Waals surface area contributed by atoms with Gasteiger partial charge in [0.25, 0.3) is 0 Å². The van der Waals surface area contributed by atoms with Crippen molar-refractivity contribution < 1.29 is 23.9 Å². The normalized spacial score (nSPS) is 20.8. The van der Waals surface area contributed by atoms with E-state index in [0.717, 1.165) is 17.7 Å². The number of nitrogens with zero attached hydrogens (tertiary/aromatic N) is 2. The van der Waals surface area contributed by atoms with Crippen molar-refractivity contribution >= 4 is 23.7 Å². The van der Waals surface area contributed by atoms with Gasteiger partial charge in [0, 0.05) is 43.2 Å². The van der Waals surface area contributed by atoms with Crippen LogP contribution in [0.25, 0.3) is 0 Å². The van der Waals surface area contributed by atoms with E-state index in [4.69, 9.17) is 9.47 Å². The Balaban J connectivity index is 1.41. The average Bonchev–Trinajstić information content (AvgIpc) is 2.57. The zero-order valence-corrected chi connectivity index (χ0v) is 16.4. The quantitative estimate of drug-likeness (QED) is 0.799. The van der Waals surface area contributed by atoms with Crippen LogP contribution in [-0.4, -0.2) is 54.8 Å². The summed E-state index contributed by atoms with van der Waals surface area (Å²) < 4.78 is 11.4. The molecule has 0 saturated carbocycles. The van der Waals surface area contributed by atoms with Gasteiger partial charge in [0.15, 0.2) is 0 Å². The molecule has 4 amide bonds. The van der Waals surface area contributed by atoms with Crippen LogP contribution in [0, 0.1) is 5.41 Å². The minimum atomic E-state index is -0.503. The number of hydrogen-bond acceptors (Lipinski definition) is 5. The molecular weight excluding hydrogens is 362 g/mol. The third-order valence-electron chi connectivity index (χ3n) is 5.22. The molecule has 3 aliphatic heterocycles. The molecule has 28 heavy (non-hydrogen) atoms. The number of imide groups is 1. The largest absolute Gasteiger partial charge is 0.492 e. The number of urea groups is 1. The highest BCUT2D eigenvalue weighted by Gasteiger charge is 2.49. The van der Waals surface area contributed by atoms with Gasteiger partial charge >= 0.3 is 12.1 Å². The molecule has 0 atom stereocenters. The summed E-state index contributed by atoms with van der Waals surface area (Å²) in [5, 5.41) is 2.33. The summed E-state index contributed by atoms with van der Waals surface area (Å²) in [6, 6.07) is 5.28. The summed E-state index contributed by atoms with van der Waals surface area (Å²) in [5.41, 5.74) is 1.19. The van der Waals surface area contributed by atoms with Crippen molar-refractivity contribution in [1.82, 2.24) is 10.2 Å². The summed E-state index contributed by atoms with van der Waals surface area (Å²) in [4.78, 5) is 38.8. The molecule has 0 bridgehead atoms. The molecule has 2 fully saturated rings. The topological polar surface area (TPSA) is 88.2 Å². The number of likely N-dealkylation sites (tertiary alicyclic amines) is 1. The van der Waals surface area contributed by atoms with Gasteiger partial charge in [-0.2, -0.15) is 0 Å². The predicted molar refractivity (Wildman–Crippen MR) is 101 cm³/mol. The lowest BCUT2D eigenvalue weighted by Crippen LogP contribution is -2.63. The van der Waals surface area contributed by atoms with Gasteiger partial charge in [-0.15, -0.1) is 0 Å². The number of carbonyl (C=O) groups is 3. The molecule has 1 aromatic carbocycles. The van der Waals surface area contributed by atoms with Crippen molar-refractivity contribution in [3.63, 3.8) is 0 Å². The second-order valence-corrected chi connectivity index (χ2v) is 8.85. The van der Waals surface area contributed by atoms with Crippen LogP contribution in [0.2, 0.25) is 0 Å². The molecule has 8 nitrogen and oxygen atoms in total. The van der Waals surface area contributed by atoms with Gasteiger partial charge in [-0.25, -0.2) is 9.59 Å². The smallest absolute Gasteiger partial charge is 0.410 e. The highest BCUT2D eigenvalue weighted by atomic mass is 16.6. The van der Waals surface area contributed by atoms with Gasteiger partial charge in [0.1, 0.15) is 11.4 Å². The van der Waals surface area contributed by atoms with E-state index in [1.807, 2.05) is 39.0 Å². The maximum absolute atomic E-state index is 12.2. The zero-order valence-electron chi connectivity index (χ0n) is 16.4. The molecule has 3 heterocycles.